The number of nitrogens with zero attached hydrogens (tertiary/aromatic N) is 1. The van der Waals surface area contributed by atoms with Crippen LogP contribution in [0.1, 0.15) is 57.6 Å². The van der Waals surface area contributed by atoms with Gasteiger partial charge in [-0.25, -0.2) is 0 Å². The van der Waals surface area contributed by atoms with Crippen LogP contribution in [0.25, 0.3) is 0 Å². The molecule has 110 valence electrons. The van der Waals surface area contributed by atoms with E-state index >= 15 is 0 Å². The summed E-state index contributed by atoms with van der Waals surface area (Å²) in [7, 11) is 0. The quantitative estimate of drug-likeness (QED) is 0.882. The van der Waals surface area contributed by atoms with Gasteiger partial charge in [0.1, 0.15) is 0 Å². The van der Waals surface area contributed by atoms with Crippen LogP contribution in [0.4, 0.5) is 0 Å². The molecule has 20 heavy (non-hydrogen) atoms. The van der Waals surface area contributed by atoms with E-state index < -0.39 is 0 Å². The maximum atomic E-state index is 3.73. The van der Waals surface area contributed by atoms with E-state index in [9.17, 15) is 0 Å². The Morgan fingerprint density at radius 1 is 1.10 bits per heavy atom. The van der Waals surface area contributed by atoms with E-state index in [4.69, 9.17) is 0 Å². The lowest BCUT2D eigenvalue weighted by Gasteiger charge is -2.51. The molecular weight excluding hydrogens is 244 g/mol. The number of nitrogens with one attached hydrogen (secondary N) is 1. The molecule has 1 heterocycles. The van der Waals surface area contributed by atoms with E-state index in [0.29, 0.717) is 17.6 Å². The minimum atomic E-state index is 0.423. The zero-order valence-corrected chi connectivity index (χ0v) is 12.9. The summed E-state index contributed by atoms with van der Waals surface area (Å²) < 4.78 is 0. The Balaban J connectivity index is 1.76. The van der Waals surface area contributed by atoms with Crippen molar-refractivity contribution in [3.63, 3.8) is 0 Å². The van der Waals surface area contributed by atoms with E-state index in [0.717, 1.165) is 13.1 Å². The Labute approximate surface area is 123 Å². The smallest absolute Gasteiger partial charge is 0.0450 e. The molecule has 2 nitrogen and oxygen atoms in total. The minimum absolute atomic E-state index is 0.423. The molecule has 2 aliphatic rings. The van der Waals surface area contributed by atoms with Gasteiger partial charge in [-0.1, -0.05) is 49.6 Å². The van der Waals surface area contributed by atoms with Crippen LogP contribution in [0, 0.1) is 0 Å². The van der Waals surface area contributed by atoms with Crippen LogP contribution in [0.2, 0.25) is 0 Å². The first-order valence-electron chi connectivity index (χ1n) is 8.24. The Morgan fingerprint density at radius 2 is 1.80 bits per heavy atom. The predicted molar refractivity (Wildman–Crippen MR) is 84.8 cm³/mol. The molecule has 0 spiro atoms. The van der Waals surface area contributed by atoms with Crippen LogP contribution in [-0.2, 0) is 0 Å². The minimum Gasteiger partial charge on any atom is -0.307 e. The molecule has 1 aromatic rings. The van der Waals surface area contributed by atoms with E-state index in [1.165, 1.54) is 37.7 Å². The second-order valence-electron chi connectivity index (χ2n) is 6.93. The molecule has 0 bridgehead atoms. The average molecular weight is 272 g/mol. The SMILES string of the molecule is CC1CNC(c2ccccc2)CN1C1(C)CCCCC1. The fourth-order valence-corrected chi connectivity index (χ4v) is 4.13. The molecule has 1 aliphatic heterocycles. The maximum absolute atomic E-state index is 3.73. The highest BCUT2D eigenvalue weighted by Gasteiger charge is 2.39. The molecular formula is C18H28N2. The normalized spacial score (nSPS) is 31.1. The summed E-state index contributed by atoms with van der Waals surface area (Å²) in [5.74, 6) is 0. The van der Waals surface area contributed by atoms with E-state index in [1.807, 2.05) is 0 Å². The largest absolute Gasteiger partial charge is 0.307 e. The lowest BCUT2D eigenvalue weighted by Crippen LogP contribution is -2.60. The number of rotatable bonds is 2. The molecule has 1 aromatic carbocycles. The highest BCUT2D eigenvalue weighted by Crippen LogP contribution is 2.37. The molecule has 2 fully saturated rings. The van der Waals surface area contributed by atoms with Gasteiger partial charge in [-0.05, 0) is 32.3 Å². The Kier molecular flexibility index (Phi) is 4.13. The Bertz CT molecular complexity index is 422. The van der Waals surface area contributed by atoms with Gasteiger partial charge < -0.3 is 5.32 Å². The lowest BCUT2D eigenvalue weighted by molar-refractivity contribution is 0.00303. The predicted octanol–water partition coefficient (Wildman–Crippen LogP) is 3.74. The topological polar surface area (TPSA) is 15.3 Å². The Hall–Kier alpha value is -0.860. The van der Waals surface area contributed by atoms with Crippen molar-refractivity contribution in [2.45, 2.75) is 63.6 Å². The summed E-state index contributed by atoms with van der Waals surface area (Å²) in [6.07, 6.45) is 6.99. The molecule has 2 atom stereocenters. The Morgan fingerprint density at radius 3 is 2.50 bits per heavy atom. The summed E-state index contributed by atoms with van der Waals surface area (Å²) in [5, 5.41) is 3.73. The van der Waals surface area contributed by atoms with Crippen LogP contribution in [0.3, 0.4) is 0 Å². The van der Waals surface area contributed by atoms with Gasteiger partial charge in [0.05, 0.1) is 0 Å². The second kappa shape index (κ2) is 5.87. The van der Waals surface area contributed by atoms with Gasteiger partial charge in [-0.2, -0.15) is 0 Å². The summed E-state index contributed by atoms with van der Waals surface area (Å²) >= 11 is 0. The number of hydrogen-bond acceptors (Lipinski definition) is 2. The lowest BCUT2D eigenvalue weighted by atomic mass is 9.80. The molecule has 0 amide bonds. The molecule has 2 heteroatoms. The zero-order valence-electron chi connectivity index (χ0n) is 12.9. The first kappa shape index (κ1) is 14.1. The molecule has 1 aliphatic carbocycles. The van der Waals surface area contributed by atoms with Crippen LogP contribution < -0.4 is 5.32 Å². The van der Waals surface area contributed by atoms with Crippen LogP contribution in [0.5, 0.6) is 0 Å². The third kappa shape index (κ3) is 2.77. The third-order valence-corrected chi connectivity index (χ3v) is 5.40. The van der Waals surface area contributed by atoms with Crippen LogP contribution in [0.15, 0.2) is 30.3 Å². The monoisotopic (exact) mass is 272 g/mol. The van der Waals surface area contributed by atoms with Gasteiger partial charge in [0.25, 0.3) is 0 Å². The average Bonchev–Trinajstić information content (AvgIpc) is 2.49. The van der Waals surface area contributed by atoms with Crippen molar-refractivity contribution in [3.05, 3.63) is 35.9 Å². The second-order valence-corrected chi connectivity index (χ2v) is 6.93. The van der Waals surface area contributed by atoms with Crippen LogP contribution >= 0.6 is 0 Å². The molecule has 1 saturated carbocycles. The van der Waals surface area contributed by atoms with Crippen molar-refractivity contribution in [1.82, 2.24) is 10.2 Å². The van der Waals surface area contributed by atoms with Crippen molar-refractivity contribution in [1.29, 1.82) is 0 Å². The van der Waals surface area contributed by atoms with Gasteiger partial charge in [-0.3, -0.25) is 4.90 Å². The summed E-state index contributed by atoms with van der Waals surface area (Å²) in [4.78, 5) is 2.79. The van der Waals surface area contributed by atoms with E-state index in [-0.39, 0.29) is 0 Å². The van der Waals surface area contributed by atoms with Crippen LogP contribution in [-0.4, -0.2) is 29.6 Å². The number of piperazine rings is 1. The molecule has 1 N–H and O–H groups in total. The summed E-state index contributed by atoms with van der Waals surface area (Å²) in [6.45, 7) is 7.14. The van der Waals surface area contributed by atoms with Gasteiger partial charge >= 0.3 is 0 Å². The van der Waals surface area contributed by atoms with Gasteiger partial charge in [0.2, 0.25) is 0 Å². The fourth-order valence-electron chi connectivity index (χ4n) is 4.13. The van der Waals surface area contributed by atoms with Crippen molar-refractivity contribution < 1.29 is 0 Å². The summed E-state index contributed by atoms with van der Waals surface area (Å²) in [5.41, 5.74) is 1.86. The maximum Gasteiger partial charge on any atom is 0.0450 e. The molecule has 0 radical (unpaired) electrons. The highest BCUT2D eigenvalue weighted by molar-refractivity contribution is 5.20. The number of benzene rings is 1. The molecule has 3 rings (SSSR count). The molecule has 2 unspecified atom stereocenters. The molecule has 0 aromatic heterocycles. The van der Waals surface area contributed by atoms with Crippen molar-refractivity contribution in [2.24, 2.45) is 0 Å². The number of hydrogen-bond donors (Lipinski definition) is 1. The van der Waals surface area contributed by atoms with Gasteiger partial charge in [-0.15, -0.1) is 0 Å². The van der Waals surface area contributed by atoms with E-state index in [2.05, 4.69) is 54.4 Å². The van der Waals surface area contributed by atoms with Gasteiger partial charge in [0.15, 0.2) is 0 Å². The first-order chi connectivity index (χ1) is 9.69. The van der Waals surface area contributed by atoms with Crippen molar-refractivity contribution >= 4 is 0 Å². The summed E-state index contributed by atoms with van der Waals surface area (Å²) in [6, 6.07) is 12.1. The fraction of sp³-hybridized carbons (Fsp3) is 0.667. The van der Waals surface area contributed by atoms with Gasteiger partial charge in [0, 0.05) is 30.7 Å². The third-order valence-electron chi connectivity index (χ3n) is 5.40. The zero-order chi connectivity index (χ0) is 14.0. The standard InChI is InChI=1S/C18H28N2/c1-15-13-19-17(16-9-5-3-6-10-16)14-20(15)18(2)11-7-4-8-12-18/h3,5-6,9-10,15,17,19H,4,7-8,11-14H2,1-2H3. The van der Waals surface area contributed by atoms with E-state index in [1.54, 1.807) is 0 Å². The van der Waals surface area contributed by atoms with Crippen molar-refractivity contribution in [2.75, 3.05) is 13.1 Å². The highest BCUT2D eigenvalue weighted by atomic mass is 15.3. The molecule has 1 saturated heterocycles. The first-order valence-corrected chi connectivity index (χ1v) is 8.24. The van der Waals surface area contributed by atoms with Crippen molar-refractivity contribution in [3.8, 4) is 0 Å².